The lowest BCUT2D eigenvalue weighted by Crippen LogP contribution is -2.33. The zero-order valence-electron chi connectivity index (χ0n) is 12.3. The van der Waals surface area contributed by atoms with E-state index in [2.05, 4.69) is 9.97 Å². The van der Waals surface area contributed by atoms with Gasteiger partial charge in [-0.3, -0.25) is 14.5 Å². The quantitative estimate of drug-likeness (QED) is 0.811. The number of aromatic nitrogens is 2. The van der Waals surface area contributed by atoms with E-state index >= 15 is 0 Å². The van der Waals surface area contributed by atoms with E-state index in [1.807, 2.05) is 36.1 Å². The highest BCUT2D eigenvalue weighted by Gasteiger charge is 2.13. The molecular weight excluding hydrogens is 270 g/mol. The second-order valence-electron chi connectivity index (χ2n) is 4.64. The fraction of sp³-hybridized carbons (Fsp3) is 0.400. The summed E-state index contributed by atoms with van der Waals surface area (Å²) in [4.78, 5) is 32.6. The van der Waals surface area contributed by atoms with Crippen LogP contribution in [-0.4, -0.2) is 40.5 Å². The van der Waals surface area contributed by atoms with Crippen LogP contribution in [0.1, 0.15) is 19.5 Å². The van der Waals surface area contributed by atoms with Crippen molar-refractivity contribution >= 4 is 17.0 Å². The molecule has 0 aliphatic rings. The van der Waals surface area contributed by atoms with Crippen LogP contribution >= 0.6 is 0 Å². The molecule has 1 heterocycles. The summed E-state index contributed by atoms with van der Waals surface area (Å²) in [6.45, 7) is 5.14. The fourth-order valence-electron chi connectivity index (χ4n) is 2.06. The van der Waals surface area contributed by atoms with E-state index in [9.17, 15) is 9.59 Å². The standard InChI is InChI=1S/C15H19N3O3/c1-3-18(10-14(19)21-4-2)9-13-15(20)17-12-8-6-5-7-11(12)16-13/h5-8H,3-4,9-10H2,1-2H3,(H,17,20). The minimum Gasteiger partial charge on any atom is -0.465 e. The first-order valence-corrected chi connectivity index (χ1v) is 7.00. The van der Waals surface area contributed by atoms with Crippen LogP contribution in [0, 0.1) is 0 Å². The van der Waals surface area contributed by atoms with Crippen LogP contribution in [0.4, 0.5) is 0 Å². The van der Waals surface area contributed by atoms with Gasteiger partial charge in [-0.2, -0.15) is 0 Å². The second kappa shape index (κ2) is 6.99. The molecule has 0 aliphatic heterocycles. The van der Waals surface area contributed by atoms with E-state index in [1.165, 1.54) is 0 Å². The number of hydrogen-bond acceptors (Lipinski definition) is 5. The summed E-state index contributed by atoms with van der Waals surface area (Å²) < 4.78 is 4.93. The maximum Gasteiger partial charge on any atom is 0.320 e. The Balaban J connectivity index is 2.19. The van der Waals surface area contributed by atoms with Gasteiger partial charge in [-0.15, -0.1) is 0 Å². The molecular formula is C15H19N3O3. The lowest BCUT2D eigenvalue weighted by molar-refractivity contribution is -0.144. The SMILES string of the molecule is CCOC(=O)CN(CC)Cc1nc2ccccc2[nH]c1=O. The molecule has 0 atom stereocenters. The van der Waals surface area contributed by atoms with Crippen molar-refractivity contribution in [3.05, 3.63) is 40.3 Å². The minimum atomic E-state index is -0.295. The Morgan fingerprint density at radius 2 is 2.10 bits per heavy atom. The van der Waals surface area contributed by atoms with E-state index in [0.717, 1.165) is 5.52 Å². The number of nitrogens with one attached hydrogen (secondary N) is 1. The van der Waals surface area contributed by atoms with E-state index in [1.54, 1.807) is 6.92 Å². The van der Waals surface area contributed by atoms with Gasteiger partial charge in [0.25, 0.3) is 5.56 Å². The lowest BCUT2D eigenvalue weighted by Gasteiger charge is -2.18. The summed E-state index contributed by atoms with van der Waals surface area (Å²) in [5, 5.41) is 0. The minimum absolute atomic E-state index is 0.151. The Bertz CT molecular complexity index is 681. The first-order valence-electron chi connectivity index (χ1n) is 7.00. The summed E-state index contributed by atoms with van der Waals surface area (Å²) in [5.74, 6) is -0.295. The smallest absolute Gasteiger partial charge is 0.320 e. The molecule has 112 valence electrons. The van der Waals surface area contributed by atoms with Gasteiger partial charge in [-0.1, -0.05) is 19.1 Å². The van der Waals surface area contributed by atoms with Crippen LogP contribution in [0.5, 0.6) is 0 Å². The van der Waals surface area contributed by atoms with E-state index < -0.39 is 0 Å². The van der Waals surface area contributed by atoms with Gasteiger partial charge in [0, 0.05) is 6.54 Å². The van der Waals surface area contributed by atoms with Gasteiger partial charge in [-0.05, 0) is 25.6 Å². The van der Waals surface area contributed by atoms with Crippen LogP contribution < -0.4 is 5.56 Å². The molecule has 1 N–H and O–H groups in total. The number of ether oxygens (including phenoxy) is 1. The molecule has 1 aromatic carbocycles. The first kappa shape index (κ1) is 15.2. The number of para-hydroxylation sites is 2. The molecule has 2 rings (SSSR count). The van der Waals surface area contributed by atoms with Gasteiger partial charge >= 0.3 is 5.97 Å². The normalized spacial score (nSPS) is 11.0. The average Bonchev–Trinajstić information content (AvgIpc) is 2.47. The number of esters is 1. The zero-order chi connectivity index (χ0) is 15.2. The third-order valence-corrected chi connectivity index (χ3v) is 3.15. The van der Waals surface area contributed by atoms with Gasteiger partial charge in [0.1, 0.15) is 5.69 Å². The third-order valence-electron chi connectivity index (χ3n) is 3.15. The van der Waals surface area contributed by atoms with Crippen LogP contribution in [-0.2, 0) is 16.1 Å². The van der Waals surface area contributed by atoms with Crippen molar-refractivity contribution < 1.29 is 9.53 Å². The van der Waals surface area contributed by atoms with Crippen molar-refractivity contribution in [2.24, 2.45) is 0 Å². The molecule has 0 saturated carbocycles. The number of nitrogens with zero attached hydrogens (tertiary/aromatic N) is 2. The Hall–Kier alpha value is -2.21. The van der Waals surface area contributed by atoms with Crippen molar-refractivity contribution in [3.63, 3.8) is 0 Å². The number of hydrogen-bond donors (Lipinski definition) is 1. The molecule has 6 heteroatoms. The molecule has 6 nitrogen and oxygen atoms in total. The maximum atomic E-state index is 12.0. The first-order chi connectivity index (χ1) is 10.1. The highest BCUT2D eigenvalue weighted by Crippen LogP contribution is 2.07. The van der Waals surface area contributed by atoms with Gasteiger partial charge in [0.2, 0.25) is 0 Å². The predicted octanol–water partition coefficient (Wildman–Crippen LogP) is 1.31. The Morgan fingerprint density at radius 3 is 2.81 bits per heavy atom. The molecule has 0 spiro atoms. The number of likely N-dealkylation sites (N-methyl/N-ethyl adjacent to an activating group) is 1. The fourth-order valence-corrected chi connectivity index (χ4v) is 2.06. The van der Waals surface area contributed by atoms with Gasteiger partial charge in [-0.25, -0.2) is 4.98 Å². The van der Waals surface area contributed by atoms with E-state index in [0.29, 0.717) is 30.9 Å². The highest BCUT2D eigenvalue weighted by molar-refractivity contribution is 5.73. The van der Waals surface area contributed by atoms with Crippen molar-refractivity contribution in [2.75, 3.05) is 19.7 Å². The summed E-state index contributed by atoms with van der Waals surface area (Å²) in [6.07, 6.45) is 0. The van der Waals surface area contributed by atoms with Crippen molar-refractivity contribution in [1.29, 1.82) is 0 Å². The number of carbonyl (C=O) groups excluding carboxylic acids is 1. The molecule has 0 bridgehead atoms. The summed E-state index contributed by atoms with van der Waals surface area (Å²) in [7, 11) is 0. The van der Waals surface area contributed by atoms with Gasteiger partial charge in [0.15, 0.2) is 0 Å². The summed E-state index contributed by atoms with van der Waals surface area (Å²) in [5.41, 5.74) is 1.62. The molecule has 21 heavy (non-hydrogen) atoms. The van der Waals surface area contributed by atoms with Gasteiger partial charge < -0.3 is 9.72 Å². The van der Waals surface area contributed by atoms with Crippen molar-refractivity contribution in [1.82, 2.24) is 14.9 Å². The molecule has 0 radical (unpaired) electrons. The molecule has 0 amide bonds. The molecule has 0 unspecified atom stereocenters. The Kier molecular flexibility index (Phi) is 5.05. The number of rotatable bonds is 6. The van der Waals surface area contributed by atoms with Crippen LogP contribution in [0.3, 0.4) is 0 Å². The Labute approximate surface area is 122 Å². The predicted molar refractivity (Wildman–Crippen MR) is 79.9 cm³/mol. The number of benzene rings is 1. The summed E-state index contributed by atoms with van der Waals surface area (Å²) >= 11 is 0. The molecule has 1 aromatic heterocycles. The van der Waals surface area contributed by atoms with E-state index in [-0.39, 0.29) is 18.1 Å². The molecule has 2 aromatic rings. The number of aromatic amines is 1. The number of carbonyl (C=O) groups is 1. The monoisotopic (exact) mass is 289 g/mol. The topological polar surface area (TPSA) is 75.3 Å². The van der Waals surface area contributed by atoms with Crippen LogP contribution in [0.25, 0.3) is 11.0 Å². The van der Waals surface area contributed by atoms with Crippen molar-refractivity contribution in [3.8, 4) is 0 Å². The molecule has 0 fully saturated rings. The maximum absolute atomic E-state index is 12.0. The van der Waals surface area contributed by atoms with Gasteiger partial charge in [0.05, 0.1) is 24.2 Å². The molecule has 0 aliphatic carbocycles. The van der Waals surface area contributed by atoms with Crippen molar-refractivity contribution in [2.45, 2.75) is 20.4 Å². The van der Waals surface area contributed by atoms with E-state index in [4.69, 9.17) is 4.74 Å². The average molecular weight is 289 g/mol. The molecule has 0 saturated heterocycles. The third kappa shape index (κ3) is 3.88. The van der Waals surface area contributed by atoms with Crippen LogP contribution in [0.15, 0.2) is 29.1 Å². The second-order valence-corrected chi connectivity index (χ2v) is 4.64. The largest absolute Gasteiger partial charge is 0.465 e. The summed E-state index contributed by atoms with van der Waals surface area (Å²) in [6, 6.07) is 7.37. The number of H-pyrrole nitrogens is 1. The lowest BCUT2D eigenvalue weighted by atomic mass is 10.3. The number of fused-ring (bicyclic) bond motifs is 1. The van der Waals surface area contributed by atoms with Crippen LogP contribution in [0.2, 0.25) is 0 Å². The Morgan fingerprint density at radius 1 is 1.33 bits per heavy atom. The zero-order valence-corrected chi connectivity index (χ0v) is 12.3. The highest BCUT2D eigenvalue weighted by atomic mass is 16.5.